The Balaban J connectivity index is 2.60. The molecule has 0 aliphatic carbocycles. The average Bonchev–Trinajstić information content (AvgIpc) is 2.37. The molecule has 0 spiro atoms. The maximum absolute atomic E-state index is 13.9. The molecule has 0 aliphatic rings. The third-order valence-corrected chi connectivity index (χ3v) is 4.57. The van der Waals surface area contributed by atoms with Crippen molar-refractivity contribution in [3.05, 3.63) is 60.7 Å². The molecular weight excluding hydrogens is 412 g/mol. The second kappa shape index (κ2) is 5.84. The lowest BCUT2D eigenvalue weighted by molar-refractivity contribution is 0.103. The summed E-state index contributed by atoms with van der Waals surface area (Å²) in [5, 5.41) is 0.273. The molecular formula is C14H9Br2ClFNO. The largest absolute Gasteiger partial charge is 0.398 e. The molecule has 0 heterocycles. The Labute approximate surface area is 137 Å². The molecule has 2 aromatic carbocycles. The summed E-state index contributed by atoms with van der Waals surface area (Å²) in [5.74, 6) is -1.09. The summed E-state index contributed by atoms with van der Waals surface area (Å²) in [7, 11) is 0. The summed E-state index contributed by atoms with van der Waals surface area (Å²) in [6.07, 6.45) is 0. The van der Waals surface area contributed by atoms with E-state index in [4.69, 9.17) is 17.3 Å². The van der Waals surface area contributed by atoms with Gasteiger partial charge in [0.2, 0.25) is 0 Å². The molecule has 2 aromatic rings. The molecule has 0 saturated heterocycles. The fourth-order valence-electron chi connectivity index (χ4n) is 1.78. The lowest BCUT2D eigenvalue weighted by Crippen LogP contribution is -2.08. The first-order chi connectivity index (χ1) is 9.31. The lowest BCUT2D eigenvalue weighted by Gasteiger charge is -2.10. The maximum Gasteiger partial charge on any atom is 0.196 e. The molecule has 20 heavy (non-hydrogen) atoms. The van der Waals surface area contributed by atoms with E-state index in [0.29, 0.717) is 25.8 Å². The summed E-state index contributed by atoms with van der Waals surface area (Å²) >= 11 is 12.3. The van der Waals surface area contributed by atoms with Crippen LogP contribution in [0.1, 0.15) is 21.5 Å². The second-order valence-electron chi connectivity index (χ2n) is 4.24. The van der Waals surface area contributed by atoms with Gasteiger partial charge in [0.05, 0.1) is 10.6 Å². The van der Waals surface area contributed by atoms with Gasteiger partial charge in [-0.15, -0.1) is 0 Å². The summed E-state index contributed by atoms with van der Waals surface area (Å²) in [6, 6.07) is 5.78. The van der Waals surface area contributed by atoms with Gasteiger partial charge in [0, 0.05) is 20.2 Å². The van der Waals surface area contributed by atoms with Crippen LogP contribution < -0.4 is 5.73 Å². The van der Waals surface area contributed by atoms with Crippen molar-refractivity contribution in [2.45, 2.75) is 6.92 Å². The number of carbonyl (C=O) groups is 1. The summed E-state index contributed by atoms with van der Waals surface area (Å²) in [4.78, 5) is 12.5. The van der Waals surface area contributed by atoms with Crippen molar-refractivity contribution < 1.29 is 9.18 Å². The summed E-state index contributed by atoms with van der Waals surface area (Å²) in [6.45, 7) is 1.72. The minimum atomic E-state index is -0.635. The molecule has 0 aliphatic heterocycles. The average molecular weight is 421 g/mol. The Kier molecular flexibility index (Phi) is 4.52. The SMILES string of the molecule is Cc1c(N)cc(Br)cc1C(=O)c1cc(Cl)c(Br)cc1F. The normalized spacial score (nSPS) is 10.7. The van der Waals surface area contributed by atoms with Gasteiger partial charge in [-0.05, 0) is 52.7 Å². The monoisotopic (exact) mass is 419 g/mol. The van der Waals surface area contributed by atoms with Gasteiger partial charge in [-0.1, -0.05) is 27.5 Å². The van der Waals surface area contributed by atoms with Crippen LogP contribution in [-0.4, -0.2) is 5.78 Å². The number of anilines is 1. The first-order valence-electron chi connectivity index (χ1n) is 5.56. The van der Waals surface area contributed by atoms with Crippen molar-refractivity contribution in [1.29, 1.82) is 0 Å². The maximum atomic E-state index is 13.9. The van der Waals surface area contributed by atoms with Crippen LogP contribution in [0, 0.1) is 12.7 Å². The third-order valence-electron chi connectivity index (χ3n) is 2.91. The number of benzene rings is 2. The van der Waals surface area contributed by atoms with E-state index in [9.17, 15) is 9.18 Å². The van der Waals surface area contributed by atoms with Crippen molar-refractivity contribution in [2.24, 2.45) is 0 Å². The van der Waals surface area contributed by atoms with Gasteiger partial charge >= 0.3 is 0 Å². The van der Waals surface area contributed by atoms with E-state index in [0.717, 1.165) is 0 Å². The zero-order chi connectivity index (χ0) is 15.0. The van der Waals surface area contributed by atoms with E-state index in [1.807, 2.05) is 0 Å². The minimum Gasteiger partial charge on any atom is -0.398 e. The highest BCUT2D eigenvalue weighted by Gasteiger charge is 2.19. The number of nitrogens with two attached hydrogens (primary N) is 1. The van der Waals surface area contributed by atoms with Crippen LogP contribution in [0.15, 0.2) is 33.2 Å². The molecule has 2 rings (SSSR count). The van der Waals surface area contributed by atoms with Crippen LogP contribution in [-0.2, 0) is 0 Å². The van der Waals surface area contributed by atoms with Crippen LogP contribution in [0.4, 0.5) is 10.1 Å². The molecule has 0 unspecified atom stereocenters. The van der Waals surface area contributed by atoms with E-state index < -0.39 is 11.6 Å². The zero-order valence-corrected chi connectivity index (χ0v) is 14.2. The van der Waals surface area contributed by atoms with E-state index >= 15 is 0 Å². The molecule has 0 saturated carbocycles. The molecule has 2 N–H and O–H groups in total. The Hall–Kier alpha value is -0.910. The molecule has 2 nitrogen and oxygen atoms in total. The molecule has 0 fully saturated rings. The van der Waals surface area contributed by atoms with Crippen molar-refractivity contribution in [3.8, 4) is 0 Å². The second-order valence-corrected chi connectivity index (χ2v) is 6.42. The number of nitrogen functional groups attached to an aromatic ring is 1. The number of rotatable bonds is 2. The van der Waals surface area contributed by atoms with E-state index in [2.05, 4.69) is 31.9 Å². The third kappa shape index (κ3) is 2.90. The van der Waals surface area contributed by atoms with Gasteiger partial charge in [0.1, 0.15) is 5.82 Å². The van der Waals surface area contributed by atoms with Crippen LogP contribution in [0.3, 0.4) is 0 Å². The fourth-order valence-corrected chi connectivity index (χ4v) is 2.73. The minimum absolute atomic E-state index is 0.0844. The van der Waals surface area contributed by atoms with Crippen molar-refractivity contribution >= 4 is 54.9 Å². The number of ketones is 1. The van der Waals surface area contributed by atoms with Crippen molar-refractivity contribution in [2.75, 3.05) is 5.73 Å². The van der Waals surface area contributed by atoms with Crippen molar-refractivity contribution in [1.82, 2.24) is 0 Å². The summed E-state index contributed by atoms with van der Waals surface area (Å²) < 4.78 is 15.0. The molecule has 104 valence electrons. The van der Waals surface area contributed by atoms with Gasteiger partial charge < -0.3 is 5.73 Å². The number of carbonyl (C=O) groups excluding carboxylic acids is 1. The van der Waals surface area contributed by atoms with Gasteiger partial charge in [-0.2, -0.15) is 0 Å². The molecule has 6 heteroatoms. The van der Waals surface area contributed by atoms with Gasteiger partial charge in [0.15, 0.2) is 5.78 Å². The van der Waals surface area contributed by atoms with Crippen LogP contribution >= 0.6 is 43.5 Å². The van der Waals surface area contributed by atoms with Crippen LogP contribution in [0.25, 0.3) is 0 Å². The fraction of sp³-hybridized carbons (Fsp3) is 0.0714. The number of halogens is 4. The highest BCUT2D eigenvalue weighted by Crippen LogP contribution is 2.29. The predicted molar refractivity (Wildman–Crippen MR) is 85.8 cm³/mol. The Morgan fingerprint density at radius 2 is 1.85 bits per heavy atom. The Morgan fingerprint density at radius 1 is 1.20 bits per heavy atom. The topological polar surface area (TPSA) is 43.1 Å². The quantitative estimate of drug-likeness (QED) is 0.415. The predicted octanol–water partition coefficient (Wildman–Crippen LogP) is 5.13. The van der Waals surface area contributed by atoms with E-state index in [1.54, 1.807) is 19.1 Å². The smallest absolute Gasteiger partial charge is 0.196 e. The highest BCUT2D eigenvalue weighted by atomic mass is 79.9. The van der Waals surface area contributed by atoms with Crippen LogP contribution in [0.5, 0.6) is 0 Å². The van der Waals surface area contributed by atoms with Crippen molar-refractivity contribution in [3.63, 3.8) is 0 Å². The Morgan fingerprint density at radius 3 is 2.50 bits per heavy atom. The first-order valence-corrected chi connectivity index (χ1v) is 7.52. The Bertz CT molecular complexity index is 719. The first kappa shape index (κ1) is 15.5. The molecule has 0 radical (unpaired) electrons. The molecule has 0 amide bonds. The van der Waals surface area contributed by atoms with Gasteiger partial charge in [0.25, 0.3) is 0 Å². The van der Waals surface area contributed by atoms with Gasteiger partial charge in [-0.25, -0.2) is 4.39 Å². The lowest BCUT2D eigenvalue weighted by atomic mass is 9.98. The number of hydrogen-bond acceptors (Lipinski definition) is 2. The standard InChI is InChI=1S/C14H9Br2ClFNO/c1-6-8(2-7(15)3-13(6)19)14(20)9-4-11(17)10(16)5-12(9)18/h2-5H,19H2,1H3. The van der Waals surface area contributed by atoms with Crippen LogP contribution in [0.2, 0.25) is 5.02 Å². The van der Waals surface area contributed by atoms with E-state index in [1.165, 1.54) is 12.1 Å². The van der Waals surface area contributed by atoms with E-state index in [-0.39, 0.29) is 10.6 Å². The molecule has 0 atom stereocenters. The van der Waals surface area contributed by atoms with Gasteiger partial charge in [-0.3, -0.25) is 4.79 Å². The molecule has 0 bridgehead atoms. The number of hydrogen-bond donors (Lipinski definition) is 1. The summed E-state index contributed by atoms with van der Waals surface area (Å²) in [5.41, 5.74) is 7.15. The zero-order valence-electron chi connectivity index (χ0n) is 10.3. The molecule has 0 aromatic heterocycles. The highest BCUT2D eigenvalue weighted by molar-refractivity contribution is 9.10.